The molecule has 0 aliphatic rings. The third-order valence-electron chi connectivity index (χ3n) is 2.59. The molecule has 0 atom stereocenters. The van der Waals surface area contributed by atoms with Crippen molar-refractivity contribution in [1.29, 1.82) is 0 Å². The molecule has 2 rings (SSSR count). The Kier molecular flexibility index (Phi) is 4.85. The number of nitrogens with zero attached hydrogens (tertiary/aromatic N) is 3. The van der Waals surface area contributed by atoms with Crippen LogP contribution in [0.1, 0.15) is 27.2 Å². The Hall–Kier alpha value is -2.20. The zero-order valence-corrected chi connectivity index (χ0v) is 12.9. The minimum Gasteiger partial charge on any atom is -0.411 e. The van der Waals surface area contributed by atoms with E-state index in [9.17, 15) is 18.0 Å². The maximum Gasteiger partial charge on any atom is 0.418 e. The molecule has 0 fully saturated rings. The summed E-state index contributed by atoms with van der Waals surface area (Å²) in [5, 5.41) is 13.5. The molecule has 1 amide bonds. The van der Waals surface area contributed by atoms with Gasteiger partial charge in [0.1, 0.15) is 21.4 Å². The molecule has 0 bridgehead atoms. The van der Waals surface area contributed by atoms with Crippen molar-refractivity contribution >= 4 is 40.4 Å². The predicted molar refractivity (Wildman–Crippen MR) is 78.3 cm³/mol. The molecule has 2 N–H and O–H groups in total. The van der Waals surface area contributed by atoms with Crippen molar-refractivity contribution < 1.29 is 23.2 Å². The van der Waals surface area contributed by atoms with Gasteiger partial charge in [0.2, 0.25) is 0 Å². The van der Waals surface area contributed by atoms with Gasteiger partial charge in [-0.1, -0.05) is 16.8 Å². The Balaban J connectivity index is 2.22. The van der Waals surface area contributed by atoms with Gasteiger partial charge in [-0.25, -0.2) is 9.97 Å². The number of pyridine rings is 1. The molecule has 0 saturated carbocycles. The van der Waals surface area contributed by atoms with Crippen LogP contribution in [0.3, 0.4) is 0 Å². The molecule has 0 aromatic carbocycles. The van der Waals surface area contributed by atoms with Gasteiger partial charge in [-0.3, -0.25) is 4.79 Å². The number of aromatic nitrogens is 2. The summed E-state index contributed by atoms with van der Waals surface area (Å²) in [6, 6.07) is 0.641. The summed E-state index contributed by atoms with van der Waals surface area (Å²) in [4.78, 5) is 19.6. The average Bonchev–Trinajstić information content (AvgIpc) is 2.97. The van der Waals surface area contributed by atoms with Gasteiger partial charge in [0.25, 0.3) is 5.91 Å². The van der Waals surface area contributed by atoms with Gasteiger partial charge >= 0.3 is 6.18 Å². The molecular formula is C12H8ClF3N4O2S. The molecule has 0 aliphatic carbocycles. The van der Waals surface area contributed by atoms with Gasteiger partial charge in [0.05, 0.1) is 16.8 Å². The fourth-order valence-electron chi connectivity index (χ4n) is 1.49. The van der Waals surface area contributed by atoms with E-state index in [0.29, 0.717) is 11.1 Å². The minimum atomic E-state index is -4.66. The SMILES string of the molecule is CC(=NO)c1ncc(C(=O)Nc2cc(C(F)(F)F)c(Cl)cn2)s1. The molecule has 2 aromatic heterocycles. The van der Waals surface area contributed by atoms with Crippen LogP contribution in [0.2, 0.25) is 5.02 Å². The molecule has 0 saturated heterocycles. The summed E-state index contributed by atoms with van der Waals surface area (Å²) in [6.45, 7) is 1.48. The molecule has 2 aromatic rings. The number of carbonyl (C=O) groups is 1. The topological polar surface area (TPSA) is 87.5 Å². The number of halogens is 4. The second kappa shape index (κ2) is 6.50. The molecule has 2 heterocycles. The first-order chi connectivity index (χ1) is 10.7. The Bertz CT molecular complexity index is 776. The number of oxime groups is 1. The van der Waals surface area contributed by atoms with E-state index in [0.717, 1.165) is 17.5 Å². The van der Waals surface area contributed by atoms with E-state index in [1.165, 1.54) is 13.1 Å². The highest BCUT2D eigenvalue weighted by molar-refractivity contribution is 7.15. The Morgan fingerprint density at radius 3 is 2.70 bits per heavy atom. The molecule has 0 spiro atoms. The number of amides is 1. The highest BCUT2D eigenvalue weighted by Gasteiger charge is 2.34. The molecule has 0 aliphatic heterocycles. The number of alkyl halides is 3. The fraction of sp³-hybridized carbons (Fsp3) is 0.167. The Labute approximate surface area is 136 Å². The highest BCUT2D eigenvalue weighted by atomic mass is 35.5. The second-order valence-corrected chi connectivity index (χ2v) is 5.65. The van der Waals surface area contributed by atoms with Gasteiger partial charge in [-0.2, -0.15) is 13.2 Å². The smallest absolute Gasteiger partial charge is 0.411 e. The number of carbonyl (C=O) groups excluding carboxylic acids is 1. The number of anilines is 1. The lowest BCUT2D eigenvalue weighted by Crippen LogP contribution is -2.13. The Morgan fingerprint density at radius 2 is 2.09 bits per heavy atom. The lowest BCUT2D eigenvalue weighted by atomic mass is 10.2. The first kappa shape index (κ1) is 17.2. The van der Waals surface area contributed by atoms with Gasteiger partial charge in [0, 0.05) is 6.20 Å². The first-order valence-corrected chi connectivity index (χ1v) is 7.10. The molecule has 0 unspecified atom stereocenters. The monoisotopic (exact) mass is 364 g/mol. The van der Waals surface area contributed by atoms with E-state index in [2.05, 4.69) is 20.4 Å². The van der Waals surface area contributed by atoms with Crippen molar-refractivity contribution in [3.63, 3.8) is 0 Å². The molecule has 23 heavy (non-hydrogen) atoms. The molecule has 6 nitrogen and oxygen atoms in total. The molecule has 0 radical (unpaired) electrons. The summed E-state index contributed by atoms with van der Waals surface area (Å²) < 4.78 is 38.3. The number of hydrogen-bond donors (Lipinski definition) is 2. The predicted octanol–water partition coefficient (Wildman–Crippen LogP) is 3.66. The quantitative estimate of drug-likeness (QED) is 0.494. The van der Waals surface area contributed by atoms with Gasteiger partial charge < -0.3 is 10.5 Å². The largest absolute Gasteiger partial charge is 0.418 e. The lowest BCUT2D eigenvalue weighted by Gasteiger charge is -2.10. The van der Waals surface area contributed by atoms with E-state index in [1.807, 2.05) is 0 Å². The van der Waals surface area contributed by atoms with Crippen molar-refractivity contribution in [1.82, 2.24) is 9.97 Å². The van der Waals surface area contributed by atoms with E-state index in [-0.39, 0.29) is 16.4 Å². The third kappa shape index (κ3) is 3.96. The summed E-state index contributed by atoms with van der Waals surface area (Å²) in [6.07, 6.45) is -2.64. The van der Waals surface area contributed by atoms with Crippen LogP contribution < -0.4 is 5.32 Å². The van der Waals surface area contributed by atoms with Crippen molar-refractivity contribution in [2.45, 2.75) is 13.1 Å². The maximum absolute atomic E-state index is 12.8. The second-order valence-electron chi connectivity index (χ2n) is 4.22. The standard InChI is InChI=1S/C12H8ClF3N4O2S/c1-5(20-22)11-18-4-8(23-11)10(21)19-9-2-6(12(14,15)16)7(13)3-17-9/h2-4,22H,1H3,(H,17,19,21). The van der Waals surface area contributed by atoms with Crippen LogP contribution in [0, 0.1) is 0 Å². The van der Waals surface area contributed by atoms with Crippen LogP contribution in [-0.4, -0.2) is 26.8 Å². The van der Waals surface area contributed by atoms with Crippen LogP contribution in [0.5, 0.6) is 0 Å². The average molecular weight is 365 g/mol. The number of thiazole rings is 1. The minimum absolute atomic E-state index is 0.119. The van der Waals surface area contributed by atoms with Crippen LogP contribution in [-0.2, 0) is 6.18 Å². The summed E-state index contributed by atoms with van der Waals surface area (Å²) in [5.41, 5.74) is -0.893. The van der Waals surface area contributed by atoms with E-state index >= 15 is 0 Å². The fourth-order valence-corrected chi connectivity index (χ4v) is 2.45. The van der Waals surface area contributed by atoms with Gasteiger partial charge in [-0.05, 0) is 13.0 Å². The summed E-state index contributed by atoms with van der Waals surface area (Å²) >= 11 is 6.36. The van der Waals surface area contributed by atoms with Crippen molar-refractivity contribution in [3.05, 3.63) is 38.9 Å². The van der Waals surface area contributed by atoms with E-state index in [4.69, 9.17) is 16.8 Å². The summed E-state index contributed by atoms with van der Waals surface area (Å²) in [5.74, 6) is -0.989. The lowest BCUT2D eigenvalue weighted by molar-refractivity contribution is -0.137. The molecule has 11 heteroatoms. The van der Waals surface area contributed by atoms with Crippen LogP contribution in [0.4, 0.5) is 19.0 Å². The van der Waals surface area contributed by atoms with Gasteiger partial charge in [-0.15, -0.1) is 11.3 Å². The molecular weight excluding hydrogens is 357 g/mol. The first-order valence-electron chi connectivity index (χ1n) is 5.91. The van der Waals surface area contributed by atoms with E-state index in [1.54, 1.807) is 0 Å². The number of hydrogen-bond acceptors (Lipinski definition) is 6. The van der Waals surface area contributed by atoms with Crippen molar-refractivity contribution in [2.24, 2.45) is 5.16 Å². The highest BCUT2D eigenvalue weighted by Crippen LogP contribution is 2.35. The van der Waals surface area contributed by atoms with Gasteiger partial charge in [0.15, 0.2) is 0 Å². The zero-order valence-electron chi connectivity index (χ0n) is 11.3. The zero-order chi connectivity index (χ0) is 17.2. The third-order valence-corrected chi connectivity index (χ3v) is 4.00. The van der Waals surface area contributed by atoms with Crippen LogP contribution in [0.25, 0.3) is 0 Å². The maximum atomic E-state index is 12.8. The van der Waals surface area contributed by atoms with Crippen molar-refractivity contribution in [2.75, 3.05) is 5.32 Å². The number of rotatable bonds is 3. The Morgan fingerprint density at radius 1 is 1.39 bits per heavy atom. The molecule has 122 valence electrons. The normalized spacial score (nSPS) is 12.3. The number of nitrogens with one attached hydrogen (secondary N) is 1. The van der Waals surface area contributed by atoms with E-state index < -0.39 is 22.7 Å². The van der Waals surface area contributed by atoms with Crippen LogP contribution in [0.15, 0.2) is 23.6 Å². The summed E-state index contributed by atoms with van der Waals surface area (Å²) in [7, 11) is 0. The van der Waals surface area contributed by atoms with Crippen LogP contribution >= 0.6 is 22.9 Å². The van der Waals surface area contributed by atoms with Crippen molar-refractivity contribution in [3.8, 4) is 0 Å².